The van der Waals surface area contributed by atoms with Crippen molar-refractivity contribution in [3.05, 3.63) is 82.1 Å². The van der Waals surface area contributed by atoms with Gasteiger partial charge in [-0.2, -0.15) is 5.26 Å². The summed E-state index contributed by atoms with van der Waals surface area (Å²) in [6.07, 6.45) is 1.56. The van der Waals surface area contributed by atoms with Gasteiger partial charge in [0, 0.05) is 18.2 Å². The highest BCUT2D eigenvalue weighted by Crippen LogP contribution is 2.28. The van der Waals surface area contributed by atoms with Gasteiger partial charge in [-0.25, -0.2) is 9.78 Å². The van der Waals surface area contributed by atoms with Gasteiger partial charge in [0.15, 0.2) is 6.61 Å². The van der Waals surface area contributed by atoms with Crippen LogP contribution in [0.4, 0.5) is 5.82 Å². The van der Waals surface area contributed by atoms with Crippen LogP contribution in [0, 0.1) is 32.1 Å². The Hall–Kier alpha value is -4.42. The number of hydrogen-bond acceptors (Lipinski definition) is 7. The molecule has 3 aromatic heterocycles. The first-order valence-corrected chi connectivity index (χ1v) is 11.3. The van der Waals surface area contributed by atoms with E-state index >= 15 is 0 Å². The van der Waals surface area contributed by atoms with E-state index in [1.807, 2.05) is 51.1 Å². The second kappa shape index (κ2) is 10.5. The molecule has 4 rings (SSSR count). The minimum absolute atomic E-state index is 0.118. The van der Waals surface area contributed by atoms with Crippen molar-refractivity contribution in [2.24, 2.45) is 0 Å². The summed E-state index contributed by atoms with van der Waals surface area (Å²) in [5.41, 5.74) is 4.05. The Bertz CT molecular complexity index is 1480. The maximum absolute atomic E-state index is 13.1. The summed E-state index contributed by atoms with van der Waals surface area (Å²) in [4.78, 5) is 30.4. The van der Waals surface area contributed by atoms with Crippen LogP contribution >= 0.6 is 0 Å². The molecule has 0 aliphatic rings. The number of aromatic nitrogens is 2. The van der Waals surface area contributed by atoms with Crippen LogP contribution < -0.4 is 5.32 Å². The number of esters is 1. The van der Waals surface area contributed by atoms with Gasteiger partial charge in [0.1, 0.15) is 17.6 Å². The molecule has 0 radical (unpaired) electrons. The lowest BCUT2D eigenvalue weighted by atomic mass is 10.0. The van der Waals surface area contributed by atoms with E-state index in [1.54, 1.807) is 16.9 Å². The number of nitriles is 1. The number of ether oxygens (including phenoxy) is 2. The number of anilines is 1. The molecule has 0 aliphatic carbocycles. The number of nitrogens with one attached hydrogen (secondary N) is 1. The number of rotatable bonds is 8. The number of benzene rings is 1. The summed E-state index contributed by atoms with van der Waals surface area (Å²) in [7, 11) is 1.52. The predicted molar refractivity (Wildman–Crippen MR) is 133 cm³/mol. The lowest BCUT2D eigenvalue weighted by Crippen LogP contribution is -2.24. The zero-order chi connectivity index (χ0) is 25.8. The molecule has 0 unspecified atom stereocenters. The fourth-order valence-electron chi connectivity index (χ4n) is 4.21. The monoisotopic (exact) mass is 486 g/mol. The van der Waals surface area contributed by atoms with Crippen molar-refractivity contribution in [3.63, 3.8) is 0 Å². The number of para-hydroxylation sites is 1. The van der Waals surface area contributed by atoms with Crippen molar-refractivity contribution in [2.45, 2.75) is 33.9 Å². The molecule has 36 heavy (non-hydrogen) atoms. The van der Waals surface area contributed by atoms with Crippen LogP contribution in [0.3, 0.4) is 0 Å². The number of pyridine rings is 1. The normalized spacial score (nSPS) is 10.9. The summed E-state index contributed by atoms with van der Waals surface area (Å²) in [5.74, 6) is -0.248. The Morgan fingerprint density at radius 2 is 1.92 bits per heavy atom. The largest absolute Gasteiger partial charge is 0.467 e. The van der Waals surface area contributed by atoms with E-state index in [2.05, 4.69) is 16.4 Å². The van der Waals surface area contributed by atoms with Gasteiger partial charge in [-0.3, -0.25) is 4.79 Å². The molecule has 9 nitrogen and oxygen atoms in total. The summed E-state index contributed by atoms with van der Waals surface area (Å²) < 4.78 is 17.8. The number of aryl methyl sites for hydroxylation is 1. The quantitative estimate of drug-likeness (QED) is 0.366. The van der Waals surface area contributed by atoms with Crippen molar-refractivity contribution in [3.8, 4) is 6.07 Å². The van der Waals surface area contributed by atoms with Crippen LogP contribution in [0.2, 0.25) is 0 Å². The highest BCUT2D eigenvalue weighted by Gasteiger charge is 2.23. The minimum atomic E-state index is -0.674. The highest BCUT2D eigenvalue weighted by molar-refractivity contribution is 6.00. The molecule has 0 fully saturated rings. The molecule has 9 heteroatoms. The molecule has 184 valence electrons. The summed E-state index contributed by atoms with van der Waals surface area (Å²) in [6.45, 7) is 5.40. The first kappa shape index (κ1) is 24.7. The molecular formula is C27H26N4O5. The molecule has 1 N–H and O–H groups in total. The van der Waals surface area contributed by atoms with Crippen LogP contribution in [-0.4, -0.2) is 35.1 Å². The number of carbonyl (C=O) groups excluding carboxylic acids is 2. The fourth-order valence-corrected chi connectivity index (χ4v) is 4.21. The van der Waals surface area contributed by atoms with Gasteiger partial charge in [0.25, 0.3) is 5.91 Å². The van der Waals surface area contributed by atoms with Crippen LogP contribution in [0.1, 0.15) is 44.2 Å². The Labute approximate surface area is 208 Å². The Morgan fingerprint density at radius 3 is 2.61 bits per heavy atom. The molecular weight excluding hydrogens is 460 g/mol. The summed E-state index contributed by atoms with van der Waals surface area (Å²) >= 11 is 0. The third kappa shape index (κ3) is 4.72. The smallest absolute Gasteiger partial charge is 0.340 e. The Kier molecular flexibility index (Phi) is 7.17. The number of fused-ring (bicyclic) bond motifs is 1. The molecule has 0 atom stereocenters. The minimum Gasteiger partial charge on any atom is -0.467 e. The second-order valence-corrected chi connectivity index (χ2v) is 8.34. The average molecular weight is 487 g/mol. The highest BCUT2D eigenvalue weighted by atomic mass is 16.5. The van der Waals surface area contributed by atoms with Crippen molar-refractivity contribution < 1.29 is 23.5 Å². The third-order valence-corrected chi connectivity index (χ3v) is 6.14. The van der Waals surface area contributed by atoms with Gasteiger partial charge in [-0.1, -0.05) is 18.2 Å². The van der Waals surface area contributed by atoms with Gasteiger partial charge < -0.3 is 23.8 Å². The predicted octanol–water partition coefficient (Wildman–Crippen LogP) is 4.42. The lowest BCUT2D eigenvalue weighted by molar-refractivity contribution is -0.119. The SMILES string of the molecule is COCc1nc2ccccc2c(C)c1C(=O)OCC(=O)Nc1c(C#N)c(C)c(C)n1Cc1ccco1. The lowest BCUT2D eigenvalue weighted by Gasteiger charge is -2.15. The van der Waals surface area contributed by atoms with Gasteiger partial charge >= 0.3 is 5.97 Å². The van der Waals surface area contributed by atoms with E-state index in [4.69, 9.17) is 13.9 Å². The van der Waals surface area contributed by atoms with Crippen LogP contribution in [0.5, 0.6) is 0 Å². The first-order chi connectivity index (χ1) is 17.3. The zero-order valence-electron chi connectivity index (χ0n) is 20.5. The number of nitrogens with zero attached hydrogens (tertiary/aromatic N) is 3. The van der Waals surface area contributed by atoms with E-state index in [0.717, 1.165) is 22.2 Å². The molecule has 0 bridgehead atoms. The number of methoxy groups -OCH3 is 1. The zero-order valence-corrected chi connectivity index (χ0v) is 20.5. The number of carbonyl (C=O) groups is 2. The molecule has 0 aliphatic heterocycles. The van der Waals surface area contributed by atoms with Crippen molar-refractivity contribution >= 4 is 28.6 Å². The van der Waals surface area contributed by atoms with Crippen molar-refractivity contribution in [1.29, 1.82) is 5.26 Å². The maximum atomic E-state index is 13.1. The standard InChI is InChI=1S/C27H26N4O5/c1-16-18(3)31(13-19-8-7-11-35-19)26(21(16)12-28)30-24(32)15-36-27(33)25-17(2)20-9-5-6-10-22(20)29-23(25)14-34-4/h5-11H,13-15H2,1-4H3,(H,30,32). The first-order valence-electron chi connectivity index (χ1n) is 11.3. The Balaban J connectivity index is 1.55. The number of furan rings is 1. The van der Waals surface area contributed by atoms with E-state index < -0.39 is 18.5 Å². The molecule has 3 heterocycles. The second-order valence-electron chi connectivity index (χ2n) is 8.34. The summed E-state index contributed by atoms with van der Waals surface area (Å²) in [6, 6.07) is 13.2. The topological polar surface area (TPSA) is 119 Å². The molecule has 0 saturated carbocycles. The van der Waals surface area contributed by atoms with Gasteiger partial charge in [0.05, 0.1) is 41.8 Å². The number of hydrogen-bond donors (Lipinski definition) is 1. The van der Waals surface area contributed by atoms with Crippen molar-refractivity contribution in [2.75, 3.05) is 19.0 Å². The average Bonchev–Trinajstić information content (AvgIpc) is 3.46. The van der Waals surface area contributed by atoms with Gasteiger partial charge in [-0.15, -0.1) is 0 Å². The van der Waals surface area contributed by atoms with Gasteiger partial charge in [0.2, 0.25) is 0 Å². The molecule has 1 aromatic carbocycles. The molecule has 4 aromatic rings. The van der Waals surface area contributed by atoms with E-state index in [0.29, 0.717) is 34.9 Å². The molecule has 0 saturated heterocycles. The molecule has 1 amide bonds. The van der Waals surface area contributed by atoms with Crippen LogP contribution in [0.25, 0.3) is 10.9 Å². The third-order valence-electron chi connectivity index (χ3n) is 6.14. The van der Waals surface area contributed by atoms with Crippen LogP contribution in [-0.2, 0) is 27.4 Å². The van der Waals surface area contributed by atoms with Crippen molar-refractivity contribution in [1.82, 2.24) is 9.55 Å². The Morgan fingerprint density at radius 1 is 1.14 bits per heavy atom. The fraction of sp³-hybridized carbons (Fsp3) is 0.259. The maximum Gasteiger partial charge on any atom is 0.340 e. The number of amides is 1. The molecule has 0 spiro atoms. The van der Waals surface area contributed by atoms with E-state index in [-0.39, 0.29) is 12.2 Å². The van der Waals surface area contributed by atoms with E-state index in [9.17, 15) is 14.9 Å². The van der Waals surface area contributed by atoms with E-state index in [1.165, 1.54) is 7.11 Å². The van der Waals surface area contributed by atoms with Gasteiger partial charge in [-0.05, 0) is 50.1 Å². The van der Waals surface area contributed by atoms with Crippen LogP contribution in [0.15, 0.2) is 47.1 Å². The summed E-state index contributed by atoms with van der Waals surface area (Å²) in [5, 5.41) is 13.3.